The van der Waals surface area contributed by atoms with Crippen molar-refractivity contribution in [3.63, 3.8) is 0 Å². The van der Waals surface area contributed by atoms with Gasteiger partial charge in [0.2, 0.25) is 17.5 Å². The lowest BCUT2D eigenvalue weighted by Gasteiger charge is -2.39. The third kappa shape index (κ3) is 4.63. The summed E-state index contributed by atoms with van der Waals surface area (Å²) in [4.78, 5) is 54.1. The van der Waals surface area contributed by atoms with Crippen molar-refractivity contribution in [2.45, 2.75) is 56.8 Å². The molecule has 3 aliphatic heterocycles. The molecule has 4 aliphatic rings. The van der Waals surface area contributed by atoms with E-state index >= 15 is 0 Å². The second kappa shape index (κ2) is 9.22. The van der Waals surface area contributed by atoms with Crippen LogP contribution in [0.5, 0.6) is 0 Å². The molecule has 1 atom stereocenters. The van der Waals surface area contributed by atoms with Crippen LogP contribution in [-0.2, 0) is 20.9 Å². The summed E-state index contributed by atoms with van der Waals surface area (Å²) in [6.45, 7) is 4.54. The second-order valence-corrected chi connectivity index (χ2v) is 10.2. The molecule has 3 heterocycles. The number of carbonyl (C=O) groups is 4. The number of aliphatic carboxylic acids is 1. The molecule has 10 heteroatoms. The molecule has 5 rings (SSSR count). The van der Waals surface area contributed by atoms with Gasteiger partial charge in [0.15, 0.2) is 0 Å². The van der Waals surface area contributed by atoms with Crippen molar-refractivity contribution in [3.05, 3.63) is 29.3 Å². The Labute approximate surface area is 203 Å². The number of alkyl halides is 1. The summed E-state index contributed by atoms with van der Waals surface area (Å²) in [5.41, 5.74) is 0.423. The number of piperazine rings is 1. The highest BCUT2D eigenvalue weighted by molar-refractivity contribution is 6.05. The summed E-state index contributed by atoms with van der Waals surface area (Å²) in [6, 6.07) is 5.27. The van der Waals surface area contributed by atoms with E-state index in [1.807, 2.05) is 18.2 Å². The zero-order valence-electron chi connectivity index (χ0n) is 19.7. The first kappa shape index (κ1) is 23.7. The Morgan fingerprint density at radius 2 is 1.80 bits per heavy atom. The highest BCUT2D eigenvalue weighted by atomic mass is 19.1. The summed E-state index contributed by atoms with van der Waals surface area (Å²) in [6.07, 6.45) is 1.96. The van der Waals surface area contributed by atoms with Gasteiger partial charge in [-0.15, -0.1) is 0 Å². The van der Waals surface area contributed by atoms with Crippen LogP contribution in [0.1, 0.15) is 54.4 Å². The van der Waals surface area contributed by atoms with Gasteiger partial charge >= 0.3 is 5.97 Å². The normalized spacial score (nSPS) is 29.8. The number of hydrogen-bond donors (Lipinski definition) is 2. The van der Waals surface area contributed by atoms with Crippen molar-refractivity contribution in [1.29, 1.82) is 0 Å². The zero-order valence-corrected chi connectivity index (χ0v) is 19.7. The van der Waals surface area contributed by atoms with E-state index < -0.39 is 23.6 Å². The molecule has 1 unspecified atom stereocenters. The van der Waals surface area contributed by atoms with E-state index in [2.05, 4.69) is 15.1 Å². The van der Waals surface area contributed by atoms with E-state index in [1.54, 1.807) is 4.90 Å². The van der Waals surface area contributed by atoms with Crippen molar-refractivity contribution < 1.29 is 28.7 Å². The molecular weight excluding hydrogens is 455 g/mol. The lowest BCUT2D eigenvalue weighted by molar-refractivity contribution is -0.154. The molecule has 9 nitrogen and oxygen atoms in total. The molecule has 1 aromatic carbocycles. The summed E-state index contributed by atoms with van der Waals surface area (Å²) in [5, 5.41) is 11.4. The Morgan fingerprint density at radius 3 is 2.46 bits per heavy atom. The lowest BCUT2D eigenvalue weighted by Crippen LogP contribution is -2.52. The fourth-order valence-electron chi connectivity index (χ4n) is 5.82. The number of carbonyl (C=O) groups excluding carboxylic acids is 3. The minimum Gasteiger partial charge on any atom is -0.479 e. The molecule has 1 aliphatic carbocycles. The molecule has 0 spiro atoms. The van der Waals surface area contributed by atoms with E-state index in [-0.39, 0.29) is 31.1 Å². The molecule has 1 saturated carbocycles. The van der Waals surface area contributed by atoms with Gasteiger partial charge in [-0.05, 0) is 55.7 Å². The molecule has 35 heavy (non-hydrogen) atoms. The average Bonchev–Trinajstić information content (AvgIpc) is 3.16. The summed E-state index contributed by atoms with van der Waals surface area (Å²) in [5.74, 6) is -1.89. The number of carboxylic acids is 1. The minimum atomic E-state index is -2.06. The van der Waals surface area contributed by atoms with Crippen molar-refractivity contribution >= 4 is 29.4 Å². The van der Waals surface area contributed by atoms with Gasteiger partial charge in [-0.2, -0.15) is 0 Å². The minimum absolute atomic E-state index is 0.0892. The monoisotopic (exact) mass is 486 g/mol. The number of nitrogens with one attached hydrogen (secondary N) is 1. The van der Waals surface area contributed by atoms with E-state index in [0.29, 0.717) is 37.3 Å². The Kier molecular flexibility index (Phi) is 6.25. The first-order valence-electron chi connectivity index (χ1n) is 12.4. The maximum atomic E-state index is 14.3. The van der Waals surface area contributed by atoms with Crippen LogP contribution in [0.4, 0.5) is 10.1 Å². The number of hydrogen-bond acceptors (Lipinski definition) is 6. The van der Waals surface area contributed by atoms with Crippen LogP contribution in [0, 0.1) is 5.92 Å². The Bertz CT molecular complexity index is 1050. The number of benzene rings is 1. The molecule has 3 fully saturated rings. The van der Waals surface area contributed by atoms with Crippen LogP contribution < -0.4 is 10.2 Å². The predicted molar refractivity (Wildman–Crippen MR) is 125 cm³/mol. The predicted octanol–water partition coefficient (Wildman–Crippen LogP) is 1.55. The van der Waals surface area contributed by atoms with E-state index in [4.69, 9.17) is 5.11 Å². The average molecular weight is 487 g/mol. The number of halogens is 1. The van der Waals surface area contributed by atoms with Gasteiger partial charge in [0.05, 0.1) is 0 Å². The maximum absolute atomic E-state index is 14.3. The molecule has 2 saturated heterocycles. The van der Waals surface area contributed by atoms with Gasteiger partial charge < -0.3 is 14.9 Å². The van der Waals surface area contributed by atoms with Gasteiger partial charge in [0.25, 0.3) is 5.91 Å². The molecule has 0 radical (unpaired) electrons. The van der Waals surface area contributed by atoms with Gasteiger partial charge in [0, 0.05) is 56.9 Å². The van der Waals surface area contributed by atoms with Gasteiger partial charge in [0.1, 0.15) is 6.04 Å². The molecule has 188 valence electrons. The zero-order chi connectivity index (χ0) is 24.7. The number of anilines is 1. The standard InChI is InChI=1S/C25H31FN4O5/c26-25(24(34)35)7-5-16(6-8-25)14-28-9-11-29(12-10-28)18-2-1-17-15-30(23(33)19(17)13-18)20-3-4-21(31)27-22(20)32/h1-2,13,16,20H,3-12,14-15H2,(H,34,35)(H,27,31,32). The second-order valence-electron chi connectivity index (χ2n) is 10.2. The number of carboxylic acid groups (broad SMARTS) is 1. The Morgan fingerprint density at radius 1 is 1.09 bits per heavy atom. The SMILES string of the molecule is O=C1CCC(N2Cc3ccc(N4CCN(CC5CCC(F)(C(=O)O)CC5)CC4)cc3C2=O)C(=O)N1. The lowest BCUT2D eigenvalue weighted by atomic mass is 9.79. The highest BCUT2D eigenvalue weighted by Crippen LogP contribution is 2.36. The Hall–Kier alpha value is -3.01. The van der Waals surface area contributed by atoms with Crippen molar-refractivity contribution in [3.8, 4) is 0 Å². The largest absolute Gasteiger partial charge is 0.479 e. The van der Waals surface area contributed by atoms with Gasteiger partial charge in [-0.25, -0.2) is 9.18 Å². The van der Waals surface area contributed by atoms with Crippen LogP contribution in [0.25, 0.3) is 0 Å². The van der Waals surface area contributed by atoms with Crippen LogP contribution in [0.2, 0.25) is 0 Å². The number of amides is 3. The van der Waals surface area contributed by atoms with Crippen LogP contribution >= 0.6 is 0 Å². The van der Waals surface area contributed by atoms with Crippen LogP contribution in [0.3, 0.4) is 0 Å². The number of nitrogens with zero attached hydrogens (tertiary/aromatic N) is 3. The van der Waals surface area contributed by atoms with E-state index in [1.165, 1.54) is 0 Å². The third-order valence-electron chi connectivity index (χ3n) is 8.05. The fraction of sp³-hybridized carbons (Fsp3) is 0.600. The first-order chi connectivity index (χ1) is 16.7. The maximum Gasteiger partial charge on any atom is 0.341 e. The molecule has 0 bridgehead atoms. The number of rotatable bonds is 5. The summed E-state index contributed by atoms with van der Waals surface area (Å²) in [7, 11) is 0. The number of piperidine rings is 1. The van der Waals surface area contributed by atoms with E-state index in [0.717, 1.165) is 44.0 Å². The van der Waals surface area contributed by atoms with E-state index in [9.17, 15) is 23.6 Å². The van der Waals surface area contributed by atoms with Crippen molar-refractivity contribution in [1.82, 2.24) is 15.1 Å². The topological polar surface area (TPSA) is 110 Å². The molecule has 0 aromatic heterocycles. The number of fused-ring (bicyclic) bond motifs is 1. The summed E-state index contributed by atoms with van der Waals surface area (Å²) >= 11 is 0. The van der Waals surface area contributed by atoms with Gasteiger partial charge in [-0.1, -0.05) is 6.07 Å². The first-order valence-corrected chi connectivity index (χ1v) is 12.4. The quantitative estimate of drug-likeness (QED) is 0.608. The molecule has 3 amide bonds. The number of imide groups is 1. The van der Waals surface area contributed by atoms with Crippen LogP contribution in [-0.4, -0.2) is 83.0 Å². The Balaban J connectivity index is 1.15. The van der Waals surface area contributed by atoms with Crippen LogP contribution in [0.15, 0.2) is 18.2 Å². The van der Waals surface area contributed by atoms with Gasteiger partial charge in [-0.3, -0.25) is 24.6 Å². The molecular formula is C25H31FN4O5. The smallest absolute Gasteiger partial charge is 0.341 e. The fourth-order valence-corrected chi connectivity index (χ4v) is 5.82. The van der Waals surface area contributed by atoms with Crippen molar-refractivity contribution in [2.24, 2.45) is 5.92 Å². The van der Waals surface area contributed by atoms with Crippen molar-refractivity contribution in [2.75, 3.05) is 37.6 Å². The molecule has 2 N–H and O–H groups in total. The summed E-state index contributed by atoms with van der Waals surface area (Å²) < 4.78 is 14.3. The molecule has 1 aromatic rings. The third-order valence-corrected chi connectivity index (χ3v) is 8.05. The highest BCUT2D eigenvalue weighted by Gasteiger charge is 2.43.